The Morgan fingerprint density at radius 3 is 2.28 bits per heavy atom. The molecule has 7 nitrogen and oxygen atoms in total. The molecule has 7 heteroatoms. The third kappa shape index (κ3) is 6.21. The lowest BCUT2D eigenvalue weighted by atomic mass is 10.1. The van der Waals surface area contributed by atoms with E-state index >= 15 is 0 Å². The molecule has 2 aromatic carbocycles. The summed E-state index contributed by atoms with van der Waals surface area (Å²) >= 11 is 0. The summed E-state index contributed by atoms with van der Waals surface area (Å²) in [5.74, 6) is -0.293. The highest BCUT2D eigenvalue weighted by Crippen LogP contribution is 2.19. The van der Waals surface area contributed by atoms with Crippen LogP contribution in [0.3, 0.4) is 0 Å². The van der Waals surface area contributed by atoms with E-state index in [0.717, 1.165) is 24.0 Å². The van der Waals surface area contributed by atoms with Gasteiger partial charge in [0.2, 0.25) is 5.91 Å². The molecule has 3 rings (SSSR count). The van der Waals surface area contributed by atoms with Crippen LogP contribution >= 0.6 is 0 Å². The normalized spacial score (nSPS) is 14.2. The molecule has 1 saturated carbocycles. The molecule has 4 amide bonds. The Bertz CT molecular complexity index is 916. The third-order valence-electron chi connectivity index (χ3n) is 4.55. The van der Waals surface area contributed by atoms with Crippen LogP contribution in [-0.4, -0.2) is 23.9 Å². The molecule has 150 valence electrons. The summed E-state index contributed by atoms with van der Waals surface area (Å²) in [5.41, 5.74) is 8.01. The van der Waals surface area contributed by atoms with Crippen LogP contribution in [0, 0.1) is 0 Å². The van der Waals surface area contributed by atoms with Crippen LogP contribution in [0.1, 0.15) is 47.3 Å². The van der Waals surface area contributed by atoms with Gasteiger partial charge in [0.05, 0.1) is 6.04 Å². The quantitative estimate of drug-likeness (QED) is 0.543. The van der Waals surface area contributed by atoms with Crippen molar-refractivity contribution in [3.63, 3.8) is 0 Å². The molecule has 5 N–H and O–H groups in total. The van der Waals surface area contributed by atoms with E-state index in [9.17, 15) is 14.4 Å². The molecule has 0 radical (unpaired) electrons. The summed E-state index contributed by atoms with van der Waals surface area (Å²) in [6.07, 6.45) is 5.26. The number of anilines is 1. The van der Waals surface area contributed by atoms with Crippen LogP contribution in [0.15, 0.2) is 54.6 Å². The Kier molecular flexibility index (Phi) is 6.29. The van der Waals surface area contributed by atoms with Crippen LogP contribution in [0.25, 0.3) is 6.08 Å². The minimum Gasteiger partial charge on any atom is -0.351 e. The average Bonchev–Trinajstić information content (AvgIpc) is 3.51. The average molecular weight is 392 g/mol. The smallest absolute Gasteiger partial charge is 0.316 e. The van der Waals surface area contributed by atoms with Crippen LogP contribution in [0.4, 0.5) is 10.5 Å². The third-order valence-corrected chi connectivity index (χ3v) is 4.55. The molecule has 1 atom stereocenters. The maximum atomic E-state index is 12.2. The van der Waals surface area contributed by atoms with E-state index in [1.807, 2.05) is 19.1 Å². The molecule has 1 fully saturated rings. The molecule has 0 spiro atoms. The standard InChI is InChI=1S/C22H24N4O3/c1-14(16-7-9-19(10-8-16)26-22(23)29)24-20(27)13-4-15-2-5-17(6-3-15)21(28)25-18-11-12-18/h2-10,13-14,18H,11-12H2,1H3,(H,24,27)(H,25,28)(H3,23,26,29)/b13-4+. The van der Waals surface area contributed by atoms with Gasteiger partial charge in [-0.25, -0.2) is 4.79 Å². The molecule has 0 bridgehead atoms. The molecule has 1 aliphatic carbocycles. The number of carbonyl (C=O) groups excluding carboxylic acids is 3. The van der Waals surface area contributed by atoms with E-state index in [2.05, 4.69) is 16.0 Å². The fourth-order valence-electron chi connectivity index (χ4n) is 2.76. The predicted octanol–water partition coefficient (Wildman–Crippen LogP) is 2.96. The van der Waals surface area contributed by atoms with Gasteiger partial charge in [0.1, 0.15) is 0 Å². The second kappa shape index (κ2) is 9.05. The Morgan fingerprint density at radius 1 is 1.03 bits per heavy atom. The van der Waals surface area contributed by atoms with Crippen LogP contribution < -0.4 is 21.7 Å². The molecular weight excluding hydrogens is 368 g/mol. The van der Waals surface area contributed by atoms with Gasteiger partial charge in [-0.1, -0.05) is 24.3 Å². The van der Waals surface area contributed by atoms with Crippen molar-refractivity contribution in [3.8, 4) is 0 Å². The maximum absolute atomic E-state index is 12.2. The van der Waals surface area contributed by atoms with E-state index in [1.54, 1.807) is 42.5 Å². The number of amides is 4. The first-order chi connectivity index (χ1) is 13.9. The van der Waals surface area contributed by atoms with Gasteiger partial charge in [0, 0.05) is 23.4 Å². The fraction of sp³-hybridized carbons (Fsp3) is 0.227. The minimum absolute atomic E-state index is 0.0633. The molecule has 0 heterocycles. The van der Waals surface area contributed by atoms with E-state index < -0.39 is 6.03 Å². The molecular formula is C22H24N4O3. The van der Waals surface area contributed by atoms with Crippen LogP contribution in [0.5, 0.6) is 0 Å². The summed E-state index contributed by atoms with van der Waals surface area (Å²) in [7, 11) is 0. The van der Waals surface area contributed by atoms with Gasteiger partial charge in [-0.15, -0.1) is 0 Å². The zero-order chi connectivity index (χ0) is 20.8. The number of urea groups is 1. The van der Waals surface area contributed by atoms with Crippen molar-refractivity contribution in [3.05, 3.63) is 71.3 Å². The fourth-order valence-corrected chi connectivity index (χ4v) is 2.76. The molecule has 0 saturated heterocycles. The van der Waals surface area contributed by atoms with Crippen molar-refractivity contribution >= 4 is 29.6 Å². The number of hydrogen-bond acceptors (Lipinski definition) is 3. The van der Waals surface area contributed by atoms with E-state index in [4.69, 9.17) is 5.73 Å². The number of rotatable bonds is 7. The molecule has 1 aliphatic rings. The van der Waals surface area contributed by atoms with Gasteiger partial charge in [0.15, 0.2) is 0 Å². The molecule has 29 heavy (non-hydrogen) atoms. The first-order valence-corrected chi connectivity index (χ1v) is 9.46. The van der Waals surface area contributed by atoms with E-state index in [-0.39, 0.29) is 17.9 Å². The Balaban J connectivity index is 1.51. The second-order valence-electron chi connectivity index (χ2n) is 7.04. The van der Waals surface area contributed by atoms with Crippen LogP contribution in [-0.2, 0) is 4.79 Å². The molecule has 2 aromatic rings. The SMILES string of the molecule is CC(NC(=O)/C=C/c1ccc(C(=O)NC2CC2)cc1)c1ccc(NC(N)=O)cc1. The summed E-state index contributed by atoms with van der Waals surface area (Å²) in [6, 6.07) is 13.7. The number of benzene rings is 2. The largest absolute Gasteiger partial charge is 0.351 e. The summed E-state index contributed by atoms with van der Waals surface area (Å²) in [6.45, 7) is 1.87. The highest BCUT2D eigenvalue weighted by atomic mass is 16.2. The summed E-state index contributed by atoms with van der Waals surface area (Å²) < 4.78 is 0. The minimum atomic E-state index is -0.624. The monoisotopic (exact) mass is 392 g/mol. The van der Waals surface area contributed by atoms with Crippen LogP contribution in [0.2, 0.25) is 0 Å². The summed E-state index contributed by atoms with van der Waals surface area (Å²) in [4.78, 5) is 35.0. The maximum Gasteiger partial charge on any atom is 0.316 e. The van der Waals surface area contributed by atoms with Crippen molar-refractivity contribution in [1.82, 2.24) is 10.6 Å². The van der Waals surface area contributed by atoms with Gasteiger partial charge in [-0.3, -0.25) is 9.59 Å². The lowest BCUT2D eigenvalue weighted by molar-refractivity contribution is -0.117. The first-order valence-electron chi connectivity index (χ1n) is 9.46. The predicted molar refractivity (Wildman–Crippen MR) is 112 cm³/mol. The van der Waals surface area contributed by atoms with Gasteiger partial charge < -0.3 is 21.7 Å². The first kappa shape index (κ1) is 20.1. The lowest BCUT2D eigenvalue weighted by Gasteiger charge is -2.13. The molecule has 0 aromatic heterocycles. The number of carbonyl (C=O) groups is 3. The van der Waals surface area contributed by atoms with Crippen molar-refractivity contribution in [1.29, 1.82) is 0 Å². The number of nitrogens with two attached hydrogens (primary N) is 1. The highest BCUT2D eigenvalue weighted by molar-refractivity contribution is 5.95. The number of nitrogens with one attached hydrogen (secondary N) is 3. The van der Waals surface area contributed by atoms with Crippen molar-refractivity contribution in [2.45, 2.75) is 31.8 Å². The van der Waals surface area contributed by atoms with Gasteiger partial charge in [0.25, 0.3) is 5.91 Å². The second-order valence-corrected chi connectivity index (χ2v) is 7.04. The van der Waals surface area contributed by atoms with Crippen molar-refractivity contribution in [2.24, 2.45) is 5.73 Å². The summed E-state index contributed by atoms with van der Waals surface area (Å²) in [5, 5.41) is 8.31. The Labute approximate surface area is 169 Å². The van der Waals surface area contributed by atoms with Gasteiger partial charge in [-0.05, 0) is 61.2 Å². The van der Waals surface area contributed by atoms with E-state index in [1.165, 1.54) is 6.08 Å². The lowest BCUT2D eigenvalue weighted by Crippen LogP contribution is -2.25. The topological polar surface area (TPSA) is 113 Å². The van der Waals surface area contributed by atoms with Crippen molar-refractivity contribution in [2.75, 3.05) is 5.32 Å². The number of primary amides is 1. The van der Waals surface area contributed by atoms with Gasteiger partial charge in [-0.2, -0.15) is 0 Å². The van der Waals surface area contributed by atoms with E-state index in [0.29, 0.717) is 17.3 Å². The van der Waals surface area contributed by atoms with Crippen molar-refractivity contribution < 1.29 is 14.4 Å². The Hall–Kier alpha value is -3.61. The zero-order valence-electron chi connectivity index (χ0n) is 16.1. The highest BCUT2D eigenvalue weighted by Gasteiger charge is 2.23. The molecule has 0 aliphatic heterocycles. The van der Waals surface area contributed by atoms with Gasteiger partial charge >= 0.3 is 6.03 Å². The Morgan fingerprint density at radius 2 is 1.69 bits per heavy atom. The molecule has 1 unspecified atom stereocenters. The number of hydrogen-bond donors (Lipinski definition) is 4. The zero-order valence-corrected chi connectivity index (χ0v) is 16.1.